The van der Waals surface area contributed by atoms with E-state index < -0.39 is 12.1 Å². The summed E-state index contributed by atoms with van der Waals surface area (Å²) in [6, 6.07) is 22.9. The number of anilines is 3. The lowest BCUT2D eigenvalue weighted by atomic mass is 10.00. The van der Waals surface area contributed by atoms with E-state index in [0.29, 0.717) is 28.7 Å². The Bertz CT molecular complexity index is 1720. The average molecular weight is 567 g/mol. The van der Waals surface area contributed by atoms with Crippen molar-refractivity contribution in [2.24, 2.45) is 0 Å². The van der Waals surface area contributed by atoms with Crippen LogP contribution in [-0.4, -0.2) is 50.7 Å². The monoisotopic (exact) mass is 566 g/mol. The maximum atomic E-state index is 13.2. The number of nitrogens with one attached hydrogen (secondary N) is 2. The molecule has 1 fully saturated rings. The number of pyridine rings is 1. The van der Waals surface area contributed by atoms with Gasteiger partial charge in [0.1, 0.15) is 17.8 Å². The fraction of sp³-hybridized carbons (Fsp3) is 0.219. The number of methoxy groups -OCH3 is 1. The lowest BCUT2D eigenvalue weighted by Crippen LogP contribution is -2.40. The second-order valence-corrected chi connectivity index (χ2v) is 10.3. The van der Waals surface area contributed by atoms with Gasteiger partial charge in [-0.3, -0.25) is 9.69 Å². The molecule has 10 heteroatoms. The van der Waals surface area contributed by atoms with Crippen molar-refractivity contribution in [2.45, 2.75) is 25.5 Å². The van der Waals surface area contributed by atoms with Crippen LogP contribution in [0.4, 0.5) is 21.7 Å². The molecule has 42 heavy (non-hydrogen) atoms. The largest absolute Gasteiger partial charge is 0.495 e. The fourth-order valence-electron chi connectivity index (χ4n) is 4.89. The molecule has 0 saturated carbocycles. The number of carbonyl (C=O) groups excluding carboxylic acids is 1. The molecule has 1 amide bonds. The quantitative estimate of drug-likeness (QED) is 0.209. The molecule has 0 bridgehead atoms. The van der Waals surface area contributed by atoms with E-state index in [1.165, 1.54) is 12.1 Å². The molecular weight excluding hydrogens is 535 g/mol. The molecule has 3 N–H and O–H groups in total. The first-order valence-electron chi connectivity index (χ1n) is 13.8. The fourth-order valence-corrected chi connectivity index (χ4v) is 4.89. The van der Waals surface area contributed by atoms with E-state index in [2.05, 4.69) is 20.7 Å². The summed E-state index contributed by atoms with van der Waals surface area (Å²) < 4.78 is 20.5. The number of aromatic nitrogens is 3. The van der Waals surface area contributed by atoms with Gasteiger partial charge in [-0.1, -0.05) is 30.3 Å². The van der Waals surface area contributed by atoms with Crippen LogP contribution in [0.5, 0.6) is 5.75 Å². The minimum absolute atomic E-state index is 0.169. The highest BCUT2D eigenvalue weighted by molar-refractivity contribution is 5.95. The van der Waals surface area contributed by atoms with Crippen LogP contribution < -0.4 is 15.4 Å². The number of carbonyl (C=O) groups is 1. The number of aliphatic hydroxyl groups is 1. The predicted molar refractivity (Wildman–Crippen MR) is 159 cm³/mol. The van der Waals surface area contributed by atoms with Crippen molar-refractivity contribution in [3.05, 3.63) is 102 Å². The average Bonchev–Trinajstić information content (AvgIpc) is 3.38. The third kappa shape index (κ3) is 5.67. The number of hydrogen-bond donors (Lipinski definition) is 3. The summed E-state index contributed by atoms with van der Waals surface area (Å²) >= 11 is 0. The van der Waals surface area contributed by atoms with Gasteiger partial charge in [0.15, 0.2) is 5.65 Å². The lowest BCUT2D eigenvalue weighted by molar-refractivity contribution is -0.117. The molecule has 1 unspecified atom stereocenters. The third-order valence-corrected chi connectivity index (χ3v) is 7.59. The number of fused-ring (bicyclic) bond motifs is 1. The van der Waals surface area contributed by atoms with E-state index in [1.54, 1.807) is 30.7 Å². The molecule has 0 aliphatic carbocycles. The molecule has 3 aromatic carbocycles. The molecule has 0 radical (unpaired) electrons. The summed E-state index contributed by atoms with van der Waals surface area (Å²) in [4.78, 5) is 19.3. The van der Waals surface area contributed by atoms with Crippen LogP contribution in [0, 0.1) is 5.82 Å². The van der Waals surface area contributed by atoms with Crippen LogP contribution in [-0.2, 0) is 4.79 Å². The molecule has 1 saturated heterocycles. The highest BCUT2D eigenvalue weighted by atomic mass is 19.1. The number of rotatable bonds is 9. The van der Waals surface area contributed by atoms with Crippen LogP contribution in [0.2, 0.25) is 0 Å². The SMILES string of the molecule is COc1cc(C(O)N2CCC2)ccc1Nc1nc2ccc(-c3ccc(NC(=O)[C@H](C)c4ccc(F)cc4)cc3)cn2n1. The second-order valence-electron chi connectivity index (χ2n) is 10.3. The van der Waals surface area contributed by atoms with Crippen molar-refractivity contribution >= 4 is 28.9 Å². The van der Waals surface area contributed by atoms with Crippen molar-refractivity contribution in [1.82, 2.24) is 19.5 Å². The maximum Gasteiger partial charge on any atom is 0.247 e. The van der Waals surface area contributed by atoms with E-state index in [0.717, 1.165) is 41.8 Å². The summed E-state index contributed by atoms with van der Waals surface area (Å²) in [6.45, 7) is 3.56. The number of benzene rings is 3. The third-order valence-electron chi connectivity index (χ3n) is 7.59. The minimum Gasteiger partial charge on any atom is -0.495 e. The molecule has 214 valence electrons. The highest BCUT2D eigenvalue weighted by Gasteiger charge is 2.24. The van der Waals surface area contributed by atoms with Crippen molar-refractivity contribution in [2.75, 3.05) is 30.8 Å². The molecule has 3 heterocycles. The van der Waals surface area contributed by atoms with Gasteiger partial charge in [-0.25, -0.2) is 8.91 Å². The van der Waals surface area contributed by atoms with Crippen LogP contribution in [0.1, 0.15) is 36.6 Å². The Morgan fingerprint density at radius 2 is 1.69 bits per heavy atom. The summed E-state index contributed by atoms with van der Waals surface area (Å²) in [7, 11) is 1.59. The van der Waals surface area contributed by atoms with Gasteiger partial charge >= 0.3 is 0 Å². The van der Waals surface area contributed by atoms with Crippen molar-refractivity contribution in [3.63, 3.8) is 0 Å². The van der Waals surface area contributed by atoms with Crippen LogP contribution in [0.3, 0.4) is 0 Å². The zero-order valence-electron chi connectivity index (χ0n) is 23.3. The zero-order chi connectivity index (χ0) is 29.2. The first-order valence-corrected chi connectivity index (χ1v) is 13.8. The van der Waals surface area contributed by atoms with E-state index in [-0.39, 0.29) is 11.7 Å². The summed E-state index contributed by atoms with van der Waals surface area (Å²) in [5.74, 6) is 0.0817. The normalized spacial score (nSPS) is 14.7. The summed E-state index contributed by atoms with van der Waals surface area (Å²) in [5.41, 5.74) is 5.43. The highest BCUT2D eigenvalue weighted by Crippen LogP contribution is 2.32. The summed E-state index contributed by atoms with van der Waals surface area (Å²) in [5, 5.41) is 21.3. The Labute approximate surface area is 242 Å². The molecule has 6 rings (SSSR count). The smallest absolute Gasteiger partial charge is 0.247 e. The van der Waals surface area contributed by atoms with Gasteiger partial charge in [0.25, 0.3) is 0 Å². The molecule has 5 aromatic rings. The van der Waals surface area contributed by atoms with Gasteiger partial charge < -0.3 is 20.5 Å². The van der Waals surface area contributed by atoms with Gasteiger partial charge in [0.2, 0.25) is 11.9 Å². The predicted octanol–water partition coefficient (Wildman–Crippen LogP) is 5.73. The van der Waals surface area contributed by atoms with Crippen LogP contribution in [0.15, 0.2) is 85.1 Å². The zero-order valence-corrected chi connectivity index (χ0v) is 23.3. The van der Waals surface area contributed by atoms with Crippen LogP contribution >= 0.6 is 0 Å². The number of amides is 1. The molecule has 0 spiro atoms. The second kappa shape index (κ2) is 11.6. The van der Waals surface area contributed by atoms with Crippen molar-refractivity contribution < 1.29 is 19.0 Å². The van der Waals surface area contributed by atoms with Gasteiger partial charge in [-0.15, -0.1) is 5.10 Å². The van der Waals surface area contributed by atoms with Crippen LogP contribution in [0.25, 0.3) is 16.8 Å². The lowest BCUT2D eigenvalue weighted by Gasteiger charge is -2.35. The van der Waals surface area contributed by atoms with Gasteiger partial charge in [-0.2, -0.15) is 4.98 Å². The Kier molecular flexibility index (Phi) is 7.56. The Balaban J connectivity index is 1.14. The first-order chi connectivity index (χ1) is 20.4. The van der Waals surface area contributed by atoms with E-state index >= 15 is 0 Å². The number of halogens is 1. The Hall–Kier alpha value is -4.80. The van der Waals surface area contributed by atoms with E-state index in [4.69, 9.17) is 4.74 Å². The summed E-state index contributed by atoms with van der Waals surface area (Å²) in [6.07, 6.45) is 2.34. The standard InChI is InChI=1S/C32H31FN6O3/c1-20(21-4-10-25(33)11-5-21)30(40)34-26-12-6-22(7-13-26)24-9-15-29-36-32(37-39(29)19-24)35-27-14-8-23(18-28(27)42-2)31(41)38-16-3-17-38/h4-15,18-20,31,41H,3,16-17H2,1-2H3,(H,34,40)(H,35,37)/t20-,31?/m1/s1. The molecule has 1 aliphatic rings. The van der Waals surface area contributed by atoms with Gasteiger partial charge in [-0.05, 0) is 78.6 Å². The Morgan fingerprint density at radius 3 is 2.38 bits per heavy atom. The number of likely N-dealkylation sites (tertiary alicyclic amines) is 1. The van der Waals surface area contributed by atoms with Gasteiger partial charge in [0, 0.05) is 30.5 Å². The topological polar surface area (TPSA) is 104 Å². The minimum atomic E-state index is -0.649. The number of nitrogens with zero attached hydrogens (tertiary/aromatic N) is 4. The van der Waals surface area contributed by atoms with Crippen molar-refractivity contribution in [3.8, 4) is 16.9 Å². The number of hydrogen-bond acceptors (Lipinski definition) is 7. The number of aliphatic hydroxyl groups excluding tert-OH is 1. The van der Waals surface area contributed by atoms with Crippen molar-refractivity contribution in [1.29, 1.82) is 0 Å². The molecular formula is C32H31FN6O3. The molecule has 2 aromatic heterocycles. The molecule has 1 aliphatic heterocycles. The number of ether oxygens (including phenoxy) is 1. The molecule has 2 atom stereocenters. The maximum absolute atomic E-state index is 13.2. The Morgan fingerprint density at radius 1 is 0.976 bits per heavy atom. The van der Waals surface area contributed by atoms with E-state index in [1.807, 2.05) is 65.7 Å². The first kappa shape index (κ1) is 27.4. The molecule has 9 nitrogen and oxygen atoms in total. The van der Waals surface area contributed by atoms with Gasteiger partial charge in [0.05, 0.1) is 18.7 Å². The van der Waals surface area contributed by atoms with E-state index in [9.17, 15) is 14.3 Å².